The van der Waals surface area contributed by atoms with Gasteiger partial charge in [0.2, 0.25) is 0 Å². The number of hydrogen-bond donors (Lipinski definition) is 0. The second-order valence-corrected chi connectivity index (χ2v) is 4.49. The molecule has 1 atom stereocenters. The van der Waals surface area contributed by atoms with E-state index < -0.39 is 0 Å². The molecule has 1 aromatic rings. The van der Waals surface area contributed by atoms with Crippen LogP contribution in [0.4, 0.5) is 0 Å². The Labute approximate surface area is 95.6 Å². The van der Waals surface area contributed by atoms with Gasteiger partial charge in [0.1, 0.15) is 5.78 Å². The van der Waals surface area contributed by atoms with E-state index in [-0.39, 0.29) is 5.92 Å². The summed E-state index contributed by atoms with van der Waals surface area (Å²) in [7, 11) is 0. The third kappa shape index (κ3) is 2.50. The van der Waals surface area contributed by atoms with Crippen molar-refractivity contribution >= 4 is 5.78 Å². The van der Waals surface area contributed by atoms with E-state index in [0.717, 1.165) is 37.5 Å². The lowest BCUT2D eigenvalue weighted by Crippen LogP contribution is -2.39. The van der Waals surface area contributed by atoms with Gasteiger partial charge in [0.25, 0.3) is 0 Å². The molecule has 0 N–H and O–H groups in total. The summed E-state index contributed by atoms with van der Waals surface area (Å²) in [6.45, 7) is 6.46. The van der Waals surface area contributed by atoms with Gasteiger partial charge in [0, 0.05) is 31.5 Å². The van der Waals surface area contributed by atoms with Crippen LogP contribution in [0.5, 0.6) is 0 Å². The van der Waals surface area contributed by atoms with Gasteiger partial charge in [-0.1, -0.05) is 12.1 Å². The number of likely N-dealkylation sites (tertiary alicyclic amines) is 1. The Kier molecular flexibility index (Phi) is 3.39. The molecule has 2 rings (SSSR count). The van der Waals surface area contributed by atoms with Crippen molar-refractivity contribution in [1.29, 1.82) is 0 Å². The Balaban J connectivity index is 1.93. The molecule has 0 aromatic carbocycles. The number of piperidine rings is 1. The molecule has 1 unspecified atom stereocenters. The maximum absolute atomic E-state index is 11.6. The quantitative estimate of drug-likeness (QED) is 0.782. The number of nitrogens with zero attached hydrogens (tertiary/aromatic N) is 2. The molecule has 0 spiro atoms. The molecule has 16 heavy (non-hydrogen) atoms. The standard InChI is InChI=1S/C12H18N2O2/c1-3-10-7-14(5-4-12(10)15)8-11-6-9(2)13-16-11/h6,10H,3-5,7-8H2,1-2H3. The highest BCUT2D eigenvalue weighted by atomic mass is 16.5. The van der Waals surface area contributed by atoms with E-state index in [9.17, 15) is 4.79 Å². The minimum atomic E-state index is 0.206. The fourth-order valence-electron chi connectivity index (χ4n) is 2.19. The van der Waals surface area contributed by atoms with Gasteiger partial charge in [-0.05, 0) is 13.3 Å². The van der Waals surface area contributed by atoms with Gasteiger partial charge in [-0.15, -0.1) is 0 Å². The fraction of sp³-hybridized carbons (Fsp3) is 0.667. The zero-order valence-corrected chi connectivity index (χ0v) is 9.90. The van der Waals surface area contributed by atoms with Crippen LogP contribution < -0.4 is 0 Å². The van der Waals surface area contributed by atoms with Crippen molar-refractivity contribution in [3.05, 3.63) is 17.5 Å². The lowest BCUT2D eigenvalue weighted by atomic mass is 9.94. The van der Waals surface area contributed by atoms with Crippen LogP contribution >= 0.6 is 0 Å². The summed E-state index contributed by atoms with van der Waals surface area (Å²) < 4.78 is 5.19. The normalized spacial score (nSPS) is 22.6. The second-order valence-electron chi connectivity index (χ2n) is 4.49. The number of hydrogen-bond acceptors (Lipinski definition) is 4. The van der Waals surface area contributed by atoms with Crippen molar-refractivity contribution in [3.8, 4) is 0 Å². The van der Waals surface area contributed by atoms with Crippen molar-refractivity contribution in [2.24, 2.45) is 5.92 Å². The van der Waals surface area contributed by atoms with Crippen molar-refractivity contribution in [1.82, 2.24) is 10.1 Å². The van der Waals surface area contributed by atoms with Gasteiger partial charge in [-0.3, -0.25) is 9.69 Å². The average molecular weight is 222 g/mol. The van der Waals surface area contributed by atoms with Crippen molar-refractivity contribution < 1.29 is 9.32 Å². The Morgan fingerprint density at radius 1 is 1.62 bits per heavy atom. The van der Waals surface area contributed by atoms with Gasteiger partial charge in [-0.2, -0.15) is 0 Å². The number of ketones is 1. The van der Waals surface area contributed by atoms with Gasteiger partial charge in [0.05, 0.1) is 12.2 Å². The summed E-state index contributed by atoms with van der Waals surface area (Å²) in [5, 5.41) is 3.87. The molecular formula is C12H18N2O2. The summed E-state index contributed by atoms with van der Waals surface area (Å²) >= 11 is 0. The Morgan fingerprint density at radius 3 is 3.06 bits per heavy atom. The molecule has 0 bridgehead atoms. The number of carbonyl (C=O) groups excluding carboxylic acids is 1. The molecule has 1 aliphatic rings. The third-order valence-electron chi connectivity index (χ3n) is 3.16. The van der Waals surface area contributed by atoms with Gasteiger partial charge < -0.3 is 4.52 Å². The molecular weight excluding hydrogens is 204 g/mol. The van der Waals surface area contributed by atoms with Gasteiger partial charge >= 0.3 is 0 Å². The minimum Gasteiger partial charge on any atom is -0.360 e. The number of rotatable bonds is 3. The SMILES string of the molecule is CCC1CN(Cc2cc(C)no2)CCC1=O. The van der Waals surface area contributed by atoms with Crippen LogP contribution in [-0.4, -0.2) is 28.9 Å². The predicted octanol–water partition coefficient (Wildman–Crippen LogP) is 1.78. The maximum atomic E-state index is 11.6. The number of Topliss-reactive ketones (excluding diaryl/α,β-unsaturated/α-hetero) is 1. The zero-order chi connectivity index (χ0) is 11.5. The Morgan fingerprint density at radius 2 is 2.44 bits per heavy atom. The molecule has 1 aliphatic heterocycles. The van der Waals surface area contributed by atoms with Crippen molar-refractivity contribution in [3.63, 3.8) is 0 Å². The van der Waals surface area contributed by atoms with E-state index in [1.54, 1.807) is 0 Å². The molecule has 1 aromatic heterocycles. The molecule has 4 heteroatoms. The summed E-state index contributed by atoms with van der Waals surface area (Å²) in [5.74, 6) is 1.51. The highest BCUT2D eigenvalue weighted by Gasteiger charge is 2.26. The maximum Gasteiger partial charge on any atom is 0.150 e. The molecule has 2 heterocycles. The lowest BCUT2D eigenvalue weighted by molar-refractivity contribution is -0.126. The van der Waals surface area contributed by atoms with Crippen LogP contribution in [0.1, 0.15) is 31.2 Å². The van der Waals surface area contributed by atoms with E-state index in [1.807, 2.05) is 13.0 Å². The fourth-order valence-corrected chi connectivity index (χ4v) is 2.19. The first-order valence-electron chi connectivity index (χ1n) is 5.86. The minimum absolute atomic E-state index is 0.206. The van der Waals surface area contributed by atoms with Crippen LogP contribution in [0.15, 0.2) is 10.6 Å². The topological polar surface area (TPSA) is 46.3 Å². The summed E-state index contributed by atoms with van der Waals surface area (Å²) in [4.78, 5) is 13.8. The molecule has 0 amide bonds. The Bertz CT molecular complexity index is 373. The smallest absolute Gasteiger partial charge is 0.150 e. The average Bonchev–Trinajstić information content (AvgIpc) is 2.67. The molecule has 1 saturated heterocycles. The van der Waals surface area contributed by atoms with Crippen LogP contribution in [0, 0.1) is 12.8 Å². The molecule has 4 nitrogen and oxygen atoms in total. The van der Waals surface area contributed by atoms with Crippen LogP contribution in [-0.2, 0) is 11.3 Å². The number of carbonyl (C=O) groups is 1. The first-order valence-corrected chi connectivity index (χ1v) is 5.86. The summed E-state index contributed by atoms with van der Waals surface area (Å²) in [5.41, 5.74) is 0.912. The summed E-state index contributed by atoms with van der Waals surface area (Å²) in [6, 6.07) is 1.96. The highest BCUT2D eigenvalue weighted by Crippen LogP contribution is 2.18. The lowest BCUT2D eigenvalue weighted by Gasteiger charge is -2.30. The zero-order valence-electron chi connectivity index (χ0n) is 9.90. The van der Waals surface area contributed by atoms with Crippen LogP contribution in [0.3, 0.4) is 0 Å². The highest BCUT2D eigenvalue weighted by molar-refractivity contribution is 5.82. The molecule has 88 valence electrons. The molecule has 0 aliphatic carbocycles. The van der Waals surface area contributed by atoms with Gasteiger partial charge in [-0.25, -0.2) is 0 Å². The first-order chi connectivity index (χ1) is 7.69. The second kappa shape index (κ2) is 4.78. The van der Waals surface area contributed by atoms with Crippen LogP contribution in [0.2, 0.25) is 0 Å². The summed E-state index contributed by atoms with van der Waals surface area (Å²) in [6.07, 6.45) is 1.61. The molecule has 1 fully saturated rings. The first kappa shape index (κ1) is 11.3. The van der Waals surface area contributed by atoms with Crippen molar-refractivity contribution in [2.75, 3.05) is 13.1 Å². The van der Waals surface area contributed by atoms with E-state index >= 15 is 0 Å². The van der Waals surface area contributed by atoms with E-state index in [0.29, 0.717) is 12.2 Å². The number of aromatic nitrogens is 1. The predicted molar refractivity (Wildman–Crippen MR) is 59.9 cm³/mol. The number of aryl methyl sites for hydroxylation is 1. The Hall–Kier alpha value is -1.16. The third-order valence-corrected chi connectivity index (χ3v) is 3.16. The van der Waals surface area contributed by atoms with E-state index in [1.165, 1.54) is 0 Å². The molecule has 0 saturated carbocycles. The van der Waals surface area contributed by atoms with Crippen LogP contribution in [0.25, 0.3) is 0 Å². The van der Waals surface area contributed by atoms with E-state index in [2.05, 4.69) is 17.0 Å². The molecule has 0 radical (unpaired) electrons. The van der Waals surface area contributed by atoms with Crippen molar-refractivity contribution in [2.45, 2.75) is 33.2 Å². The monoisotopic (exact) mass is 222 g/mol. The van der Waals surface area contributed by atoms with Gasteiger partial charge in [0.15, 0.2) is 5.76 Å². The largest absolute Gasteiger partial charge is 0.360 e. The van der Waals surface area contributed by atoms with E-state index in [4.69, 9.17) is 4.52 Å².